The second kappa shape index (κ2) is 19.6. The van der Waals surface area contributed by atoms with Crippen LogP contribution >= 0.6 is 24.8 Å². The monoisotopic (exact) mass is 625 g/mol. The van der Waals surface area contributed by atoms with Crippen LogP contribution < -0.4 is 5.32 Å². The number of aryl methyl sites for hydroxylation is 2. The van der Waals surface area contributed by atoms with Crippen LogP contribution in [0.15, 0.2) is 48.8 Å². The molecule has 1 fully saturated rings. The van der Waals surface area contributed by atoms with E-state index in [4.69, 9.17) is 4.74 Å². The molecule has 0 amide bonds. The van der Waals surface area contributed by atoms with Crippen LogP contribution in [0.1, 0.15) is 70.3 Å². The first-order valence-electron chi connectivity index (χ1n) is 13.3. The van der Waals surface area contributed by atoms with E-state index in [0.717, 1.165) is 23.7 Å². The summed E-state index contributed by atoms with van der Waals surface area (Å²) < 4.78 is 4.89. The number of benzene rings is 2. The summed E-state index contributed by atoms with van der Waals surface area (Å²) in [6.07, 6.45) is 9.60. The number of carboxylic acid groups (broad SMARTS) is 2. The Balaban J connectivity index is 0.000000890. The fraction of sp³-hybridized carbons (Fsp3) is 0.400. The highest BCUT2D eigenvalue weighted by atomic mass is 35.5. The number of carboxylic acids is 2. The standard InChI is InChI=1S/C20H20O6.C10H17N3.2ClH.H2O/c1-3-26-17(21)11-6-13-4-7-14(8-5-13)16-10-9-15(19(22)23)12(2)18(16)20(24)25;1(2-10-12-7-8-13-10)9-3-5-11-6-4-9;;;/h4-5,7-10H,3,6,11H2,1-2H3,(H,22,23)(H,24,25);7-9,11H,1-6H2,(H,12,13);2*1H;1H2. The van der Waals surface area contributed by atoms with Gasteiger partial charge in [0.15, 0.2) is 0 Å². The van der Waals surface area contributed by atoms with Gasteiger partial charge in [-0.1, -0.05) is 30.3 Å². The van der Waals surface area contributed by atoms with Crippen LogP contribution in [-0.4, -0.2) is 63.3 Å². The molecule has 2 aromatic carbocycles. The minimum absolute atomic E-state index is 0. The highest BCUT2D eigenvalue weighted by Crippen LogP contribution is 2.29. The normalized spacial score (nSPS) is 12.3. The summed E-state index contributed by atoms with van der Waals surface area (Å²) in [6.45, 7) is 5.99. The van der Waals surface area contributed by atoms with Gasteiger partial charge in [-0.25, -0.2) is 14.6 Å². The zero-order chi connectivity index (χ0) is 28.2. The maximum Gasteiger partial charge on any atom is 0.336 e. The quantitative estimate of drug-likeness (QED) is 0.230. The number of esters is 1. The van der Waals surface area contributed by atoms with Crippen LogP contribution in [-0.2, 0) is 22.4 Å². The molecule has 1 aliphatic heterocycles. The minimum Gasteiger partial charge on any atom is -0.478 e. The molecule has 2 heterocycles. The highest BCUT2D eigenvalue weighted by molar-refractivity contribution is 6.02. The first-order valence-corrected chi connectivity index (χ1v) is 13.3. The van der Waals surface area contributed by atoms with Crippen molar-refractivity contribution >= 4 is 42.7 Å². The molecule has 1 saturated heterocycles. The number of rotatable bonds is 10. The van der Waals surface area contributed by atoms with Crippen molar-refractivity contribution < 1.29 is 34.8 Å². The van der Waals surface area contributed by atoms with Gasteiger partial charge in [0.05, 0.1) is 17.7 Å². The summed E-state index contributed by atoms with van der Waals surface area (Å²) in [4.78, 5) is 41.7. The van der Waals surface area contributed by atoms with E-state index in [9.17, 15) is 24.6 Å². The second-order valence-electron chi connectivity index (χ2n) is 9.54. The SMILES string of the molecule is CCOC(=O)CCc1ccc(-c2ccc(C(=O)O)c(C)c2C(=O)O)cc1.Cl.Cl.O.c1c[nH]c(CCC2CCNCC2)n1. The Bertz CT molecular complexity index is 1250. The predicted octanol–water partition coefficient (Wildman–Crippen LogP) is 4.91. The highest BCUT2D eigenvalue weighted by Gasteiger charge is 2.20. The van der Waals surface area contributed by atoms with Crippen LogP contribution in [0.2, 0.25) is 0 Å². The average molecular weight is 627 g/mol. The van der Waals surface area contributed by atoms with Gasteiger partial charge in [-0.15, -0.1) is 24.8 Å². The minimum atomic E-state index is -1.17. The number of aromatic nitrogens is 2. The number of carbonyl (C=O) groups is 3. The third-order valence-electron chi connectivity index (χ3n) is 6.90. The van der Waals surface area contributed by atoms with Crippen LogP contribution in [0.3, 0.4) is 0 Å². The van der Waals surface area contributed by atoms with Gasteiger partial charge in [0.1, 0.15) is 5.82 Å². The third kappa shape index (κ3) is 11.4. The summed E-state index contributed by atoms with van der Waals surface area (Å²) in [5.41, 5.74) is 2.21. The maximum absolute atomic E-state index is 11.7. The molecule has 0 atom stereocenters. The van der Waals surface area contributed by atoms with Gasteiger partial charge >= 0.3 is 17.9 Å². The largest absolute Gasteiger partial charge is 0.478 e. The number of aromatic carboxylic acids is 2. The Morgan fingerprint density at radius 1 is 0.976 bits per heavy atom. The van der Waals surface area contributed by atoms with E-state index in [2.05, 4.69) is 15.3 Å². The first kappa shape index (κ1) is 38.6. The van der Waals surface area contributed by atoms with Crippen molar-refractivity contribution in [3.63, 3.8) is 0 Å². The summed E-state index contributed by atoms with van der Waals surface area (Å²) in [7, 11) is 0. The number of imidazole rings is 1. The first-order chi connectivity index (χ1) is 18.8. The molecule has 0 bridgehead atoms. The van der Waals surface area contributed by atoms with E-state index in [1.807, 2.05) is 24.5 Å². The summed E-state index contributed by atoms with van der Waals surface area (Å²) in [5, 5.41) is 22.1. The second-order valence-corrected chi connectivity index (χ2v) is 9.54. The molecule has 4 rings (SSSR count). The lowest BCUT2D eigenvalue weighted by Crippen LogP contribution is -2.27. The molecule has 0 radical (unpaired) electrons. The lowest BCUT2D eigenvalue weighted by atomic mass is 9.92. The molecule has 232 valence electrons. The van der Waals surface area contributed by atoms with E-state index in [-0.39, 0.29) is 59.4 Å². The predicted molar refractivity (Wildman–Crippen MR) is 166 cm³/mol. The number of ether oxygens (including phenoxy) is 1. The summed E-state index contributed by atoms with van der Waals surface area (Å²) in [5.74, 6) is -0.549. The van der Waals surface area contributed by atoms with Crippen molar-refractivity contribution in [1.82, 2.24) is 15.3 Å². The van der Waals surface area contributed by atoms with Gasteiger partial charge < -0.3 is 30.7 Å². The van der Waals surface area contributed by atoms with Gasteiger partial charge in [0, 0.05) is 25.2 Å². The number of carbonyl (C=O) groups excluding carboxylic acids is 1. The molecule has 1 aliphatic rings. The van der Waals surface area contributed by atoms with Gasteiger partial charge in [0.25, 0.3) is 0 Å². The number of H-pyrrole nitrogens is 1. The van der Waals surface area contributed by atoms with Crippen molar-refractivity contribution in [2.24, 2.45) is 5.92 Å². The van der Waals surface area contributed by atoms with E-state index in [1.165, 1.54) is 51.4 Å². The van der Waals surface area contributed by atoms with Crippen LogP contribution in [0, 0.1) is 12.8 Å². The molecule has 42 heavy (non-hydrogen) atoms. The molecule has 6 N–H and O–H groups in total. The van der Waals surface area contributed by atoms with Gasteiger partial charge in [0.2, 0.25) is 0 Å². The molecular formula is C30H41Cl2N3O7. The average Bonchev–Trinajstić information content (AvgIpc) is 3.45. The molecule has 0 unspecified atom stereocenters. The Morgan fingerprint density at radius 3 is 2.19 bits per heavy atom. The zero-order valence-electron chi connectivity index (χ0n) is 23.9. The van der Waals surface area contributed by atoms with Crippen molar-refractivity contribution in [1.29, 1.82) is 0 Å². The third-order valence-corrected chi connectivity index (χ3v) is 6.90. The molecule has 10 nitrogen and oxygen atoms in total. The van der Waals surface area contributed by atoms with Crippen molar-refractivity contribution in [2.45, 2.75) is 52.4 Å². The van der Waals surface area contributed by atoms with Crippen molar-refractivity contribution in [3.05, 3.63) is 76.9 Å². The smallest absolute Gasteiger partial charge is 0.336 e. The molecule has 0 spiro atoms. The van der Waals surface area contributed by atoms with E-state index in [1.54, 1.807) is 19.1 Å². The molecule has 1 aromatic heterocycles. The molecule has 12 heteroatoms. The van der Waals surface area contributed by atoms with Crippen molar-refractivity contribution in [3.8, 4) is 11.1 Å². The number of halogens is 2. The maximum atomic E-state index is 11.7. The molecule has 3 aromatic rings. The molecule has 0 aliphatic carbocycles. The van der Waals surface area contributed by atoms with Gasteiger partial charge in [-0.2, -0.15) is 0 Å². The zero-order valence-corrected chi connectivity index (χ0v) is 25.5. The Morgan fingerprint density at radius 2 is 1.64 bits per heavy atom. The van der Waals surface area contributed by atoms with Gasteiger partial charge in [-0.05, 0) is 86.9 Å². The van der Waals surface area contributed by atoms with E-state index >= 15 is 0 Å². The van der Waals surface area contributed by atoms with E-state index < -0.39 is 11.9 Å². The number of hydrogen-bond donors (Lipinski definition) is 4. The molecule has 0 saturated carbocycles. The van der Waals surface area contributed by atoms with Crippen LogP contribution in [0.4, 0.5) is 0 Å². The number of nitrogens with one attached hydrogen (secondary N) is 2. The lowest BCUT2D eigenvalue weighted by Gasteiger charge is -2.21. The topological polar surface area (TPSA) is 173 Å². The van der Waals surface area contributed by atoms with Crippen LogP contribution in [0.5, 0.6) is 0 Å². The van der Waals surface area contributed by atoms with Crippen LogP contribution in [0.25, 0.3) is 11.1 Å². The number of aromatic amines is 1. The lowest BCUT2D eigenvalue weighted by molar-refractivity contribution is -0.143. The van der Waals surface area contributed by atoms with Crippen molar-refractivity contribution in [2.75, 3.05) is 19.7 Å². The Kier molecular flexibility index (Phi) is 18.0. The Labute approximate surface area is 258 Å². The summed E-state index contributed by atoms with van der Waals surface area (Å²) in [6, 6.07) is 10.1. The number of nitrogens with zero attached hydrogens (tertiary/aromatic N) is 1. The van der Waals surface area contributed by atoms with Gasteiger partial charge in [-0.3, -0.25) is 4.79 Å². The molecular weight excluding hydrogens is 585 g/mol. The number of piperidine rings is 1. The van der Waals surface area contributed by atoms with E-state index in [0.29, 0.717) is 24.2 Å². The fourth-order valence-corrected chi connectivity index (χ4v) is 4.74. The summed E-state index contributed by atoms with van der Waals surface area (Å²) >= 11 is 0. The number of hydrogen-bond acceptors (Lipinski definition) is 6. The fourth-order valence-electron chi connectivity index (χ4n) is 4.74. The Hall–Kier alpha value is -3.44.